The van der Waals surface area contributed by atoms with Crippen molar-refractivity contribution < 1.29 is 18.7 Å². The quantitative estimate of drug-likeness (QED) is 0.486. The standard InChI is InChI=1S/C23H21F2N5O2/c1-3-19(31)17-6-12(2)15(11-27-17)14-7-13-10-28-20(29-22(32)16-9-23(16,24)25)8-18(13)30-5-4-26-21(14)30/h4-8,10-11,16,19,31H,3,9H2,1-2H3,(H,28,29,32)/t16?,19-/m1/s1. The monoisotopic (exact) mass is 437 g/mol. The molecule has 1 saturated carbocycles. The lowest BCUT2D eigenvalue weighted by molar-refractivity contribution is -0.119. The molecule has 1 aliphatic carbocycles. The number of nitrogens with one attached hydrogen (secondary N) is 1. The summed E-state index contributed by atoms with van der Waals surface area (Å²) in [5.41, 5.74) is 4.72. The topological polar surface area (TPSA) is 92.4 Å². The molecule has 4 aromatic heterocycles. The zero-order chi connectivity index (χ0) is 22.6. The number of hydrogen-bond donors (Lipinski definition) is 2. The maximum Gasteiger partial charge on any atom is 0.260 e. The average Bonchev–Trinajstić information content (AvgIpc) is 3.18. The molecule has 4 aromatic rings. The van der Waals surface area contributed by atoms with E-state index in [9.17, 15) is 18.7 Å². The van der Waals surface area contributed by atoms with Gasteiger partial charge < -0.3 is 10.4 Å². The molecule has 0 spiro atoms. The van der Waals surface area contributed by atoms with Crippen molar-refractivity contribution in [1.29, 1.82) is 0 Å². The van der Waals surface area contributed by atoms with Crippen LogP contribution in [0.25, 0.3) is 27.7 Å². The van der Waals surface area contributed by atoms with Crippen LogP contribution in [0.1, 0.15) is 37.1 Å². The Morgan fingerprint density at radius 3 is 2.72 bits per heavy atom. The van der Waals surface area contributed by atoms with Crippen LogP contribution in [0.5, 0.6) is 0 Å². The molecule has 1 amide bonds. The molecule has 2 atom stereocenters. The SMILES string of the molecule is CC[C@@H](O)c1cc(C)c(-c2cc3cnc(NC(=O)C4CC4(F)F)cc3n3ccnc23)cn1. The minimum absolute atomic E-state index is 0.212. The first-order chi connectivity index (χ1) is 15.3. The second-order valence-corrected chi connectivity index (χ2v) is 8.16. The van der Waals surface area contributed by atoms with Crippen LogP contribution in [-0.4, -0.2) is 36.3 Å². The van der Waals surface area contributed by atoms with Crippen molar-refractivity contribution in [3.8, 4) is 11.1 Å². The van der Waals surface area contributed by atoms with Gasteiger partial charge >= 0.3 is 0 Å². The number of anilines is 1. The van der Waals surface area contributed by atoms with Crippen LogP contribution in [0.2, 0.25) is 0 Å². The number of hydrogen-bond acceptors (Lipinski definition) is 5. The van der Waals surface area contributed by atoms with Crippen LogP contribution in [0, 0.1) is 12.8 Å². The molecular formula is C23H21F2N5O2. The highest BCUT2D eigenvalue weighted by molar-refractivity contribution is 5.97. The van der Waals surface area contributed by atoms with E-state index < -0.39 is 30.3 Å². The fourth-order valence-electron chi connectivity index (χ4n) is 3.92. The van der Waals surface area contributed by atoms with Gasteiger partial charge in [0.25, 0.3) is 5.92 Å². The van der Waals surface area contributed by atoms with Crippen LogP contribution in [0.3, 0.4) is 0 Å². The molecule has 32 heavy (non-hydrogen) atoms. The van der Waals surface area contributed by atoms with Crippen molar-refractivity contribution >= 4 is 28.3 Å². The van der Waals surface area contributed by atoms with Crippen molar-refractivity contribution in [2.24, 2.45) is 5.92 Å². The van der Waals surface area contributed by atoms with Gasteiger partial charge in [-0.25, -0.2) is 18.7 Å². The van der Waals surface area contributed by atoms with Gasteiger partial charge in [0.15, 0.2) is 0 Å². The number of amides is 1. The van der Waals surface area contributed by atoms with Crippen molar-refractivity contribution in [2.45, 2.75) is 38.7 Å². The second kappa shape index (κ2) is 7.30. The lowest BCUT2D eigenvalue weighted by atomic mass is 10.0. The summed E-state index contributed by atoms with van der Waals surface area (Å²) >= 11 is 0. The summed E-state index contributed by atoms with van der Waals surface area (Å²) in [6.07, 6.45) is 6.32. The summed E-state index contributed by atoms with van der Waals surface area (Å²) in [5.74, 6) is -4.73. The minimum atomic E-state index is -2.93. The molecule has 1 fully saturated rings. The van der Waals surface area contributed by atoms with Gasteiger partial charge in [0.2, 0.25) is 5.91 Å². The number of pyridine rings is 3. The number of aryl methyl sites for hydroxylation is 1. The first kappa shape index (κ1) is 20.4. The van der Waals surface area contributed by atoms with Gasteiger partial charge in [-0.2, -0.15) is 0 Å². The third kappa shape index (κ3) is 3.38. The van der Waals surface area contributed by atoms with E-state index in [-0.39, 0.29) is 5.82 Å². The molecule has 1 unspecified atom stereocenters. The van der Waals surface area contributed by atoms with Crippen LogP contribution in [0.4, 0.5) is 14.6 Å². The van der Waals surface area contributed by atoms with Crippen LogP contribution >= 0.6 is 0 Å². The lowest BCUT2D eigenvalue weighted by Crippen LogP contribution is -2.18. The van der Waals surface area contributed by atoms with Gasteiger partial charge in [-0.3, -0.25) is 14.2 Å². The molecule has 0 aliphatic heterocycles. The summed E-state index contributed by atoms with van der Waals surface area (Å²) < 4.78 is 28.2. The Hall–Kier alpha value is -3.46. The summed E-state index contributed by atoms with van der Waals surface area (Å²) in [6, 6.07) is 5.46. The third-order valence-electron chi connectivity index (χ3n) is 5.90. The molecule has 9 heteroatoms. The summed E-state index contributed by atoms with van der Waals surface area (Å²) in [4.78, 5) is 25.2. The van der Waals surface area contributed by atoms with Gasteiger partial charge in [-0.15, -0.1) is 0 Å². The van der Waals surface area contributed by atoms with E-state index >= 15 is 0 Å². The highest BCUT2D eigenvalue weighted by Gasteiger charge is 2.61. The average molecular weight is 437 g/mol. The lowest BCUT2D eigenvalue weighted by Gasteiger charge is -2.14. The molecule has 0 aromatic carbocycles. The first-order valence-electron chi connectivity index (χ1n) is 10.4. The molecule has 2 N–H and O–H groups in total. The number of rotatable bonds is 5. The molecule has 1 aliphatic rings. The van der Waals surface area contributed by atoms with Gasteiger partial charge in [-0.1, -0.05) is 6.92 Å². The van der Waals surface area contributed by atoms with E-state index in [2.05, 4.69) is 20.3 Å². The molecule has 0 saturated heterocycles. The van der Waals surface area contributed by atoms with Crippen molar-refractivity contribution in [1.82, 2.24) is 19.4 Å². The summed E-state index contributed by atoms with van der Waals surface area (Å²) in [6.45, 7) is 3.85. The maximum absolute atomic E-state index is 13.2. The summed E-state index contributed by atoms with van der Waals surface area (Å²) in [7, 11) is 0. The minimum Gasteiger partial charge on any atom is -0.387 e. The van der Waals surface area contributed by atoms with E-state index in [0.717, 1.165) is 27.6 Å². The number of aliphatic hydroxyl groups is 1. The molecule has 5 rings (SSSR count). The van der Waals surface area contributed by atoms with E-state index in [1.807, 2.05) is 30.4 Å². The largest absolute Gasteiger partial charge is 0.387 e. The van der Waals surface area contributed by atoms with Gasteiger partial charge in [0, 0.05) is 53.8 Å². The number of fused-ring (bicyclic) bond motifs is 3. The fourth-order valence-corrected chi connectivity index (χ4v) is 3.92. The Morgan fingerprint density at radius 1 is 1.25 bits per heavy atom. The number of carbonyl (C=O) groups excluding carboxylic acids is 1. The number of imidazole rings is 1. The Kier molecular flexibility index (Phi) is 4.67. The molecular weight excluding hydrogens is 416 g/mol. The Morgan fingerprint density at radius 2 is 2.03 bits per heavy atom. The van der Waals surface area contributed by atoms with E-state index in [1.165, 1.54) is 0 Å². The number of aromatic nitrogens is 4. The second-order valence-electron chi connectivity index (χ2n) is 8.16. The molecule has 0 radical (unpaired) electrons. The zero-order valence-corrected chi connectivity index (χ0v) is 17.5. The Labute approximate surface area is 182 Å². The Balaban J connectivity index is 1.56. The van der Waals surface area contributed by atoms with E-state index in [4.69, 9.17) is 0 Å². The summed E-state index contributed by atoms with van der Waals surface area (Å²) in [5, 5.41) is 13.4. The molecule has 0 bridgehead atoms. The third-order valence-corrected chi connectivity index (χ3v) is 5.90. The number of aliphatic hydroxyl groups excluding tert-OH is 1. The predicted molar refractivity (Wildman–Crippen MR) is 115 cm³/mol. The number of carbonyl (C=O) groups is 1. The number of halogens is 2. The highest BCUT2D eigenvalue weighted by Crippen LogP contribution is 2.49. The van der Waals surface area contributed by atoms with Gasteiger partial charge in [-0.05, 0) is 31.0 Å². The van der Waals surface area contributed by atoms with Crippen molar-refractivity contribution in [2.75, 3.05) is 5.32 Å². The highest BCUT2D eigenvalue weighted by atomic mass is 19.3. The smallest absolute Gasteiger partial charge is 0.260 e. The van der Waals surface area contributed by atoms with Crippen LogP contribution < -0.4 is 5.32 Å². The molecule has 4 heterocycles. The van der Waals surface area contributed by atoms with Gasteiger partial charge in [0.1, 0.15) is 17.4 Å². The normalized spacial score (nSPS) is 18.1. The van der Waals surface area contributed by atoms with Crippen molar-refractivity contribution in [3.63, 3.8) is 0 Å². The molecule has 7 nitrogen and oxygen atoms in total. The Bertz CT molecular complexity index is 1370. The maximum atomic E-state index is 13.2. The molecule has 164 valence electrons. The first-order valence-corrected chi connectivity index (χ1v) is 10.4. The predicted octanol–water partition coefficient (Wildman–Crippen LogP) is 4.29. The van der Waals surface area contributed by atoms with Crippen LogP contribution in [0.15, 0.2) is 43.0 Å². The van der Waals surface area contributed by atoms with E-state index in [1.54, 1.807) is 30.9 Å². The zero-order valence-electron chi connectivity index (χ0n) is 17.5. The van der Waals surface area contributed by atoms with E-state index in [0.29, 0.717) is 17.8 Å². The van der Waals surface area contributed by atoms with Crippen molar-refractivity contribution in [3.05, 3.63) is 54.2 Å². The number of nitrogens with zero attached hydrogens (tertiary/aromatic N) is 4. The number of alkyl halides is 2. The fraction of sp³-hybridized carbons (Fsp3) is 0.304. The van der Waals surface area contributed by atoms with Gasteiger partial charge in [0.05, 0.1) is 17.3 Å². The van der Waals surface area contributed by atoms with Crippen LogP contribution in [-0.2, 0) is 4.79 Å².